The molecule has 8 heteroatoms. The summed E-state index contributed by atoms with van der Waals surface area (Å²) in [5, 5.41) is 5.55. The van der Waals surface area contributed by atoms with E-state index in [-0.39, 0.29) is 30.2 Å². The summed E-state index contributed by atoms with van der Waals surface area (Å²) in [5.41, 5.74) is 2.88. The van der Waals surface area contributed by atoms with Crippen molar-refractivity contribution < 1.29 is 19.1 Å². The first-order chi connectivity index (χ1) is 14.0. The quantitative estimate of drug-likeness (QED) is 0.687. The van der Waals surface area contributed by atoms with Crippen LogP contribution in [0, 0.1) is 5.92 Å². The molecule has 2 saturated heterocycles. The molecule has 4 rings (SSSR count). The Hall–Kier alpha value is -2.29. The molecule has 0 saturated carbocycles. The Balaban J connectivity index is 1.59. The summed E-state index contributed by atoms with van der Waals surface area (Å²) in [4.78, 5) is 41.1. The molecule has 156 valence electrons. The predicted octanol–water partition coefficient (Wildman–Crippen LogP) is 0.220. The van der Waals surface area contributed by atoms with Gasteiger partial charge in [-0.05, 0) is 24.6 Å². The maximum absolute atomic E-state index is 13.1. The van der Waals surface area contributed by atoms with E-state index in [2.05, 4.69) is 21.6 Å². The zero-order chi connectivity index (χ0) is 20.5. The number of nitrogens with one attached hydrogen (secondary N) is 2. The summed E-state index contributed by atoms with van der Waals surface area (Å²) in [6, 6.07) is 5.96. The third kappa shape index (κ3) is 3.80. The van der Waals surface area contributed by atoms with E-state index in [9.17, 15) is 14.4 Å². The van der Waals surface area contributed by atoms with E-state index in [1.54, 1.807) is 11.9 Å². The zero-order valence-electron chi connectivity index (χ0n) is 16.9. The Kier molecular flexibility index (Phi) is 5.67. The van der Waals surface area contributed by atoms with Gasteiger partial charge in [-0.15, -0.1) is 0 Å². The van der Waals surface area contributed by atoms with Crippen molar-refractivity contribution in [3.63, 3.8) is 0 Å². The Morgan fingerprint density at radius 1 is 1.28 bits per heavy atom. The van der Waals surface area contributed by atoms with E-state index in [0.29, 0.717) is 13.0 Å². The van der Waals surface area contributed by atoms with Crippen molar-refractivity contribution in [2.24, 2.45) is 5.92 Å². The molecule has 2 unspecified atom stereocenters. The number of imide groups is 1. The molecule has 0 aliphatic carbocycles. The molecule has 0 spiro atoms. The first kappa shape index (κ1) is 20.0. The van der Waals surface area contributed by atoms with Gasteiger partial charge in [0.15, 0.2) is 0 Å². The minimum absolute atomic E-state index is 0.0722. The molecule has 2 fully saturated rings. The highest BCUT2D eigenvalue weighted by Gasteiger charge is 2.45. The van der Waals surface area contributed by atoms with Crippen LogP contribution in [0.4, 0.5) is 5.69 Å². The minimum Gasteiger partial charge on any atom is -0.374 e. The lowest BCUT2D eigenvalue weighted by Gasteiger charge is -2.33. The van der Waals surface area contributed by atoms with E-state index >= 15 is 0 Å². The van der Waals surface area contributed by atoms with Crippen LogP contribution >= 0.6 is 0 Å². The van der Waals surface area contributed by atoms with E-state index in [1.165, 1.54) is 0 Å². The van der Waals surface area contributed by atoms with Crippen molar-refractivity contribution in [2.45, 2.75) is 31.4 Å². The molecule has 0 aromatic heterocycles. The maximum Gasteiger partial charge on any atom is 0.235 e. The highest BCUT2D eigenvalue weighted by molar-refractivity contribution is 6.09. The number of carbonyl (C=O) groups is 3. The van der Waals surface area contributed by atoms with Crippen LogP contribution in [0.2, 0.25) is 0 Å². The fraction of sp³-hybridized carbons (Fsp3) is 0.571. The van der Waals surface area contributed by atoms with Gasteiger partial charge in [-0.25, -0.2) is 0 Å². The molecule has 1 aromatic carbocycles. The third-order valence-corrected chi connectivity index (χ3v) is 6.15. The molecule has 2 N–H and O–H groups in total. The fourth-order valence-corrected chi connectivity index (χ4v) is 4.78. The van der Waals surface area contributed by atoms with Crippen LogP contribution in [0.1, 0.15) is 29.9 Å². The molecule has 0 radical (unpaired) electrons. The van der Waals surface area contributed by atoms with Gasteiger partial charge in [0.2, 0.25) is 17.7 Å². The molecule has 3 amide bonds. The van der Waals surface area contributed by atoms with Crippen LogP contribution in [0.5, 0.6) is 0 Å². The van der Waals surface area contributed by atoms with Gasteiger partial charge < -0.3 is 15.0 Å². The van der Waals surface area contributed by atoms with Gasteiger partial charge in [-0.2, -0.15) is 0 Å². The van der Waals surface area contributed by atoms with Crippen molar-refractivity contribution in [2.75, 3.05) is 45.2 Å². The van der Waals surface area contributed by atoms with Crippen LogP contribution in [0.3, 0.4) is 0 Å². The molecule has 3 aliphatic heterocycles. The zero-order valence-corrected chi connectivity index (χ0v) is 16.9. The summed E-state index contributed by atoms with van der Waals surface area (Å²) in [6.07, 6.45) is 0.842. The topological polar surface area (TPSA) is 91.0 Å². The van der Waals surface area contributed by atoms with Gasteiger partial charge >= 0.3 is 0 Å². The van der Waals surface area contributed by atoms with Crippen molar-refractivity contribution in [3.05, 3.63) is 29.3 Å². The summed E-state index contributed by atoms with van der Waals surface area (Å²) < 4.78 is 5.79. The molecule has 3 aliphatic rings. The van der Waals surface area contributed by atoms with E-state index in [4.69, 9.17) is 4.74 Å². The largest absolute Gasteiger partial charge is 0.374 e. The monoisotopic (exact) mass is 400 g/mol. The molecule has 0 bridgehead atoms. The van der Waals surface area contributed by atoms with Crippen LogP contribution in [-0.2, 0) is 25.7 Å². The van der Waals surface area contributed by atoms with Crippen LogP contribution in [0.25, 0.3) is 0 Å². The molecule has 8 nitrogen and oxygen atoms in total. The average molecular weight is 400 g/mol. The van der Waals surface area contributed by atoms with Gasteiger partial charge in [-0.1, -0.05) is 18.2 Å². The summed E-state index contributed by atoms with van der Waals surface area (Å²) in [6.45, 7) is 3.90. The Morgan fingerprint density at radius 3 is 2.86 bits per heavy atom. The van der Waals surface area contributed by atoms with E-state index in [0.717, 1.165) is 43.0 Å². The molecular weight excluding hydrogens is 372 g/mol. The molecule has 3 heterocycles. The summed E-state index contributed by atoms with van der Waals surface area (Å²) in [5.74, 6) is -1.69. The number of benzene rings is 1. The number of likely N-dealkylation sites (N-methyl/N-ethyl adjacent to an activating group) is 2. The number of carbonyl (C=O) groups excluding carboxylic acids is 3. The number of anilines is 1. The number of morpholine rings is 1. The Morgan fingerprint density at radius 2 is 2.10 bits per heavy atom. The van der Waals surface area contributed by atoms with Gasteiger partial charge in [0, 0.05) is 39.6 Å². The number of ether oxygens (including phenoxy) is 1. The van der Waals surface area contributed by atoms with E-state index < -0.39 is 11.8 Å². The minimum atomic E-state index is -0.523. The van der Waals surface area contributed by atoms with E-state index in [1.807, 2.05) is 19.2 Å². The Labute approximate surface area is 170 Å². The normalized spacial score (nSPS) is 27.9. The second-order valence-corrected chi connectivity index (χ2v) is 8.07. The van der Waals surface area contributed by atoms with Crippen molar-refractivity contribution >= 4 is 23.4 Å². The van der Waals surface area contributed by atoms with Crippen LogP contribution < -0.4 is 15.5 Å². The number of amides is 3. The van der Waals surface area contributed by atoms with Gasteiger partial charge in [-0.3, -0.25) is 24.6 Å². The highest BCUT2D eigenvalue weighted by atomic mass is 16.5. The molecular formula is C21H28N4O4. The van der Waals surface area contributed by atoms with Crippen LogP contribution in [0.15, 0.2) is 18.2 Å². The van der Waals surface area contributed by atoms with Gasteiger partial charge in [0.25, 0.3) is 0 Å². The van der Waals surface area contributed by atoms with Crippen molar-refractivity contribution in [1.29, 1.82) is 0 Å². The number of rotatable bonds is 5. The number of para-hydroxylation sites is 1. The third-order valence-electron chi connectivity index (χ3n) is 6.15. The van der Waals surface area contributed by atoms with Crippen LogP contribution in [-0.4, -0.2) is 69.1 Å². The highest BCUT2D eigenvalue weighted by Crippen LogP contribution is 2.44. The lowest BCUT2D eigenvalue weighted by molar-refractivity contribution is -0.139. The summed E-state index contributed by atoms with van der Waals surface area (Å²) in [7, 11) is 3.70. The van der Waals surface area contributed by atoms with Crippen molar-refractivity contribution in [1.82, 2.24) is 15.5 Å². The number of fused-ring (bicyclic) bond motifs is 1. The molecule has 29 heavy (non-hydrogen) atoms. The predicted molar refractivity (Wildman–Crippen MR) is 107 cm³/mol. The number of nitrogens with zero attached hydrogens (tertiary/aromatic N) is 2. The smallest absolute Gasteiger partial charge is 0.235 e. The first-order valence-electron chi connectivity index (χ1n) is 10.2. The standard InChI is InChI=1S/C21H28N4O4/c1-22-10-14-12-25(8-9-29-14)11-13-4-3-5-15-18(21(28)24(2)19(13)15)16-6-7-17(26)23-20(16)27/h3-5,14,16,18,22H,6-12H2,1-2H3,(H,23,26,27)/t14-,16?,18?/m1/s1. The second kappa shape index (κ2) is 8.22. The molecule has 3 atom stereocenters. The summed E-state index contributed by atoms with van der Waals surface area (Å²) >= 11 is 0. The first-order valence-corrected chi connectivity index (χ1v) is 10.2. The Bertz CT molecular complexity index is 825. The number of hydrogen-bond donors (Lipinski definition) is 2. The number of piperidine rings is 1. The van der Waals surface area contributed by atoms with Gasteiger partial charge in [0.05, 0.1) is 30.2 Å². The molecule has 1 aromatic rings. The second-order valence-electron chi connectivity index (χ2n) is 8.07. The number of hydrogen-bond acceptors (Lipinski definition) is 6. The van der Waals surface area contributed by atoms with Gasteiger partial charge in [0.1, 0.15) is 0 Å². The maximum atomic E-state index is 13.1. The average Bonchev–Trinajstić information content (AvgIpc) is 2.94. The fourth-order valence-electron chi connectivity index (χ4n) is 4.78. The lowest BCUT2D eigenvalue weighted by atomic mass is 9.81. The van der Waals surface area contributed by atoms with Crippen molar-refractivity contribution in [3.8, 4) is 0 Å². The SMILES string of the molecule is CNC[C@@H]1CN(Cc2cccc3c2N(C)C(=O)C3C2CCC(=O)NC2=O)CCO1. The lowest BCUT2D eigenvalue weighted by Crippen LogP contribution is -2.45.